The smallest absolute Gasteiger partial charge is 0.319 e. The molecule has 0 aliphatic rings. The predicted molar refractivity (Wildman–Crippen MR) is 86.1 cm³/mol. The number of amides is 2. The first-order valence-corrected chi connectivity index (χ1v) is 7.12. The third kappa shape index (κ3) is 4.69. The summed E-state index contributed by atoms with van der Waals surface area (Å²) < 4.78 is 18.2. The van der Waals surface area contributed by atoms with E-state index in [4.69, 9.17) is 4.74 Å². The van der Waals surface area contributed by atoms with Gasteiger partial charge in [0.25, 0.3) is 0 Å². The van der Waals surface area contributed by atoms with Gasteiger partial charge in [-0.25, -0.2) is 9.18 Å². The second-order valence-corrected chi connectivity index (χ2v) is 5.08. The zero-order valence-electron chi connectivity index (χ0n) is 13.0. The molecule has 6 heteroatoms. The number of carbonyl (C=O) groups excluding carboxylic acids is 1. The second kappa shape index (κ2) is 7.60. The second-order valence-electron chi connectivity index (χ2n) is 5.08. The Labute approximate surface area is 134 Å². The lowest BCUT2D eigenvalue weighted by molar-refractivity contribution is 0.175. The molecule has 0 spiro atoms. The van der Waals surface area contributed by atoms with Gasteiger partial charge in [0.1, 0.15) is 11.6 Å². The van der Waals surface area contributed by atoms with Gasteiger partial charge >= 0.3 is 6.03 Å². The molecule has 0 aliphatic heterocycles. The third-order valence-corrected chi connectivity index (χ3v) is 3.40. The topological polar surface area (TPSA) is 70.6 Å². The van der Waals surface area contributed by atoms with E-state index in [2.05, 4.69) is 10.6 Å². The molecule has 5 nitrogen and oxygen atoms in total. The molecule has 0 fully saturated rings. The molecule has 1 unspecified atom stereocenters. The van der Waals surface area contributed by atoms with Gasteiger partial charge in [-0.15, -0.1) is 0 Å². The fourth-order valence-electron chi connectivity index (χ4n) is 2.03. The maximum absolute atomic E-state index is 13.2. The molecule has 0 heterocycles. The molecule has 2 amide bonds. The standard InChI is InChI=1S/C17H19FN2O3/c1-11-3-6-13(18)9-15(11)20-17(22)19-10-16(21)12-4-7-14(23-2)8-5-12/h3-9,16,21H,10H2,1-2H3,(H2,19,20,22). The van der Waals surface area contributed by atoms with Gasteiger partial charge in [0.15, 0.2) is 0 Å². The summed E-state index contributed by atoms with van der Waals surface area (Å²) in [6.45, 7) is 1.80. The fraction of sp³-hybridized carbons (Fsp3) is 0.235. The molecule has 2 rings (SSSR count). The van der Waals surface area contributed by atoms with Crippen LogP contribution in [0.2, 0.25) is 0 Å². The van der Waals surface area contributed by atoms with E-state index in [9.17, 15) is 14.3 Å². The van der Waals surface area contributed by atoms with E-state index in [0.29, 0.717) is 17.0 Å². The van der Waals surface area contributed by atoms with Crippen LogP contribution in [0, 0.1) is 12.7 Å². The van der Waals surface area contributed by atoms with Crippen LogP contribution in [0.15, 0.2) is 42.5 Å². The molecule has 0 aliphatic carbocycles. The van der Waals surface area contributed by atoms with Crippen LogP contribution >= 0.6 is 0 Å². The summed E-state index contributed by atoms with van der Waals surface area (Å²) in [5.74, 6) is 0.261. The van der Waals surface area contributed by atoms with Crippen LogP contribution in [-0.4, -0.2) is 24.8 Å². The van der Waals surface area contributed by atoms with E-state index in [-0.39, 0.29) is 6.54 Å². The van der Waals surface area contributed by atoms with Crippen LogP contribution < -0.4 is 15.4 Å². The summed E-state index contributed by atoms with van der Waals surface area (Å²) in [5, 5.41) is 15.2. The first-order valence-electron chi connectivity index (χ1n) is 7.12. The number of aliphatic hydroxyl groups excluding tert-OH is 1. The van der Waals surface area contributed by atoms with Crippen LogP contribution in [-0.2, 0) is 0 Å². The number of urea groups is 1. The van der Waals surface area contributed by atoms with Crippen molar-refractivity contribution in [2.75, 3.05) is 19.0 Å². The van der Waals surface area contributed by atoms with Crippen molar-refractivity contribution in [2.45, 2.75) is 13.0 Å². The number of hydrogen-bond donors (Lipinski definition) is 3. The molecule has 1 atom stereocenters. The van der Waals surface area contributed by atoms with Gasteiger partial charge in [-0.3, -0.25) is 0 Å². The largest absolute Gasteiger partial charge is 0.497 e. The number of aryl methyl sites for hydroxylation is 1. The molecule has 2 aromatic carbocycles. The highest BCUT2D eigenvalue weighted by Crippen LogP contribution is 2.18. The average Bonchev–Trinajstić information content (AvgIpc) is 2.56. The Bertz CT molecular complexity index is 674. The molecule has 0 saturated carbocycles. The summed E-state index contributed by atoms with van der Waals surface area (Å²) in [6, 6.07) is 10.5. The summed E-state index contributed by atoms with van der Waals surface area (Å²) in [4.78, 5) is 11.8. The number of nitrogens with one attached hydrogen (secondary N) is 2. The fourth-order valence-corrected chi connectivity index (χ4v) is 2.03. The molecule has 0 saturated heterocycles. The lowest BCUT2D eigenvalue weighted by atomic mass is 10.1. The van der Waals surface area contributed by atoms with E-state index in [1.165, 1.54) is 12.1 Å². The van der Waals surface area contributed by atoms with Gasteiger partial charge < -0.3 is 20.5 Å². The van der Waals surface area contributed by atoms with E-state index >= 15 is 0 Å². The van der Waals surface area contributed by atoms with Crippen LogP contribution in [0.25, 0.3) is 0 Å². The van der Waals surface area contributed by atoms with Crippen molar-refractivity contribution in [2.24, 2.45) is 0 Å². The molecule has 0 radical (unpaired) electrons. The van der Waals surface area contributed by atoms with Crippen molar-refractivity contribution >= 4 is 11.7 Å². The Balaban J connectivity index is 1.89. The van der Waals surface area contributed by atoms with E-state index in [1.807, 2.05) is 0 Å². The van der Waals surface area contributed by atoms with Gasteiger partial charge in [-0.1, -0.05) is 18.2 Å². The molecule has 0 aromatic heterocycles. The van der Waals surface area contributed by atoms with Gasteiger partial charge in [0, 0.05) is 12.2 Å². The molecular formula is C17H19FN2O3. The minimum atomic E-state index is -0.847. The van der Waals surface area contributed by atoms with Crippen LogP contribution in [0.4, 0.5) is 14.9 Å². The molecular weight excluding hydrogens is 299 g/mol. The zero-order chi connectivity index (χ0) is 16.8. The number of hydrogen-bond acceptors (Lipinski definition) is 3. The zero-order valence-corrected chi connectivity index (χ0v) is 13.0. The predicted octanol–water partition coefficient (Wildman–Crippen LogP) is 3.00. The van der Waals surface area contributed by atoms with Crippen LogP contribution in [0.5, 0.6) is 5.75 Å². The number of halogens is 1. The summed E-state index contributed by atoms with van der Waals surface area (Å²) >= 11 is 0. The lowest BCUT2D eigenvalue weighted by Gasteiger charge is -2.14. The Morgan fingerprint density at radius 1 is 1.26 bits per heavy atom. The van der Waals surface area contributed by atoms with Gasteiger partial charge in [-0.2, -0.15) is 0 Å². The summed E-state index contributed by atoms with van der Waals surface area (Å²) in [5.41, 5.74) is 1.80. The molecule has 3 N–H and O–H groups in total. The summed E-state index contributed by atoms with van der Waals surface area (Å²) in [6.07, 6.45) is -0.847. The Morgan fingerprint density at radius 3 is 2.61 bits per heavy atom. The molecule has 23 heavy (non-hydrogen) atoms. The normalized spacial score (nSPS) is 11.7. The van der Waals surface area contributed by atoms with E-state index in [0.717, 1.165) is 5.56 Å². The minimum absolute atomic E-state index is 0.0343. The number of carbonyl (C=O) groups is 1. The quantitative estimate of drug-likeness (QED) is 0.793. The van der Waals surface area contributed by atoms with Crippen LogP contribution in [0.3, 0.4) is 0 Å². The first-order chi connectivity index (χ1) is 11.0. The number of aliphatic hydroxyl groups is 1. The highest BCUT2D eigenvalue weighted by molar-refractivity contribution is 5.90. The van der Waals surface area contributed by atoms with Crippen molar-refractivity contribution in [3.8, 4) is 5.75 Å². The number of rotatable bonds is 5. The number of ether oxygens (including phenoxy) is 1. The van der Waals surface area contributed by atoms with Gasteiger partial charge in [-0.05, 0) is 42.3 Å². The van der Waals surface area contributed by atoms with Crippen molar-refractivity contribution in [3.05, 3.63) is 59.4 Å². The summed E-state index contributed by atoms with van der Waals surface area (Å²) in [7, 11) is 1.56. The Kier molecular flexibility index (Phi) is 5.54. The van der Waals surface area contributed by atoms with Crippen molar-refractivity contribution in [3.63, 3.8) is 0 Å². The SMILES string of the molecule is COc1ccc(C(O)CNC(=O)Nc2cc(F)ccc2C)cc1. The highest BCUT2D eigenvalue weighted by atomic mass is 19.1. The third-order valence-electron chi connectivity index (χ3n) is 3.40. The molecule has 0 bridgehead atoms. The molecule has 122 valence electrons. The average molecular weight is 318 g/mol. The first kappa shape index (κ1) is 16.8. The lowest BCUT2D eigenvalue weighted by Crippen LogP contribution is -2.32. The Morgan fingerprint density at radius 2 is 1.96 bits per heavy atom. The molecule has 2 aromatic rings. The van der Waals surface area contributed by atoms with Gasteiger partial charge in [0.05, 0.1) is 13.2 Å². The van der Waals surface area contributed by atoms with E-state index in [1.54, 1.807) is 44.4 Å². The number of benzene rings is 2. The Hall–Kier alpha value is -2.60. The maximum atomic E-state index is 13.2. The van der Waals surface area contributed by atoms with Crippen molar-refractivity contribution in [1.29, 1.82) is 0 Å². The van der Waals surface area contributed by atoms with E-state index < -0.39 is 18.0 Å². The number of anilines is 1. The van der Waals surface area contributed by atoms with Crippen LogP contribution in [0.1, 0.15) is 17.2 Å². The minimum Gasteiger partial charge on any atom is -0.497 e. The van der Waals surface area contributed by atoms with Gasteiger partial charge in [0.2, 0.25) is 0 Å². The highest BCUT2D eigenvalue weighted by Gasteiger charge is 2.11. The maximum Gasteiger partial charge on any atom is 0.319 e. The monoisotopic (exact) mass is 318 g/mol. The van der Waals surface area contributed by atoms with Crippen molar-refractivity contribution < 1.29 is 19.0 Å². The number of methoxy groups -OCH3 is 1. The van der Waals surface area contributed by atoms with Crippen molar-refractivity contribution in [1.82, 2.24) is 5.32 Å².